The lowest BCUT2D eigenvalue weighted by Gasteiger charge is -2.20. The molecule has 0 spiro atoms. The molecule has 0 aromatic heterocycles. The minimum atomic E-state index is -0.480. The van der Waals surface area contributed by atoms with Gasteiger partial charge in [-0.25, -0.2) is 4.39 Å². The van der Waals surface area contributed by atoms with Crippen molar-refractivity contribution in [2.75, 3.05) is 0 Å². The second-order valence-electron chi connectivity index (χ2n) is 3.93. The zero-order valence-corrected chi connectivity index (χ0v) is 9.51. The fraction of sp³-hybridized carbons (Fsp3) is 0.455. The van der Waals surface area contributed by atoms with Gasteiger partial charge in [-0.3, -0.25) is 0 Å². The fourth-order valence-electron chi connectivity index (χ4n) is 1.94. The molecule has 0 saturated heterocycles. The summed E-state index contributed by atoms with van der Waals surface area (Å²) >= 11 is 3.16. The van der Waals surface area contributed by atoms with Crippen LogP contribution < -0.4 is 0 Å². The van der Waals surface area contributed by atoms with Crippen molar-refractivity contribution in [1.82, 2.24) is 0 Å². The molecule has 0 radical (unpaired) electrons. The summed E-state index contributed by atoms with van der Waals surface area (Å²) in [6, 6.07) is 5.25. The molecule has 1 fully saturated rings. The van der Waals surface area contributed by atoms with E-state index in [0.29, 0.717) is 10.0 Å². The molecule has 1 atom stereocenters. The predicted molar refractivity (Wildman–Crippen MR) is 56.7 cm³/mol. The molecule has 14 heavy (non-hydrogen) atoms. The van der Waals surface area contributed by atoms with Crippen molar-refractivity contribution in [3.05, 3.63) is 34.1 Å². The molecule has 2 rings (SSSR count). The summed E-state index contributed by atoms with van der Waals surface area (Å²) in [4.78, 5) is 0. The van der Waals surface area contributed by atoms with Crippen LogP contribution in [-0.4, -0.2) is 11.2 Å². The summed E-state index contributed by atoms with van der Waals surface area (Å²) in [6.07, 6.45) is 1.27. The zero-order valence-electron chi connectivity index (χ0n) is 7.93. The third-order valence-electron chi connectivity index (χ3n) is 3.08. The molecule has 0 amide bonds. The van der Waals surface area contributed by atoms with Crippen LogP contribution in [0.3, 0.4) is 0 Å². The predicted octanol–water partition coefficient (Wildman–Crippen LogP) is 3.00. The van der Waals surface area contributed by atoms with Crippen molar-refractivity contribution in [3.63, 3.8) is 0 Å². The van der Waals surface area contributed by atoms with E-state index in [-0.39, 0.29) is 11.2 Å². The highest BCUT2D eigenvalue weighted by atomic mass is 79.9. The summed E-state index contributed by atoms with van der Waals surface area (Å²) in [6.45, 7) is 1.73. The smallest absolute Gasteiger partial charge is 0.141 e. The average Bonchev–Trinajstić information content (AvgIpc) is 2.90. The lowest BCUT2D eigenvalue weighted by atomic mass is 9.90. The average molecular weight is 259 g/mol. The van der Waals surface area contributed by atoms with Gasteiger partial charge in [-0.15, -0.1) is 0 Å². The maximum Gasteiger partial charge on any atom is 0.141 e. The van der Waals surface area contributed by atoms with Gasteiger partial charge in [-0.05, 0) is 47.3 Å². The monoisotopic (exact) mass is 258 g/mol. The molecule has 0 bridgehead atoms. The summed E-state index contributed by atoms with van der Waals surface area (Å²) in [5.74, 6) is -0.231. The first-order valence-corrected chi connectivity index (χ1v) is 5.50. The molecule has 1 N–H and O–H groups in total. The van der Waals surface area contributed by atoms with E-state index in [4.69, 9.17) is 0 Å². The lowest BCUT2D eigenvalue weighted by Crippen LogP contribution is -2.23. The molecular weight excluding hydrogens is 247 g/mol. The van der Waals surface area contributed by atoms with Gasteiger partial charge in [0, 0.05) is 5.41 Å². The minimum Gasteiger partial charge on any atom is -0.392 e. The first-order chi connectivity index (χ1) is 6.58. The highest BCUT2D eigenvalue weighted by Crippen LogP contribution is 2.52. The third kappa shape index (κ3) is 1.39. The van der Waals surface area contributed by atoms with Gasteiger partial charge >= 0.3 is 0 Å². The van der Waals surface area contributed by atoms with Gasteiger partial charge < -0.3 is 5.11 Å². The normalized spacial score (nSPS) is 20.6. The molecule has 76 valence electrons. The van der Waals surface area contributed by atoms with E-state index in [1.54, 1.807) is 19.1 Å². The molecule has 0 aliphatic heterocycles. The highest BCUT2D eigenvalue weighted by molar-refractivity contribution is 9.10. The largest absolute Gasteiger partial charge is 0.392 e. The lowest BCUT2D eigenvalue weighted by molar-refractivity contribution is 0.148. The number of hydrogen-bond acceptors (Lipinski definition) is 1. The minimum absolute atomic E-state index is 0.231. The molecule has 3 heteroatoms. The van der Waals surface area contributed by atoms with E-state index in [1.165, 1.54) is 0 Å². The Morgan fingerprint density at radius 3 is 2.64 bits per heavy atom. The van der Waals surface area contributed by atoms with E-state index >= 15 is 0 Å². The fourth-order valence-corrected chi connectivity index (χ4v) is 2.30. The number of rotatable bonds is 2. The molecule has 1 nitrogen and oxygen atoms in total. The van der Waals surface area contributed by atoms with Crippen LogP contribution in [0.2, 0.25) is 0 Å². The SMILES string of the molecule is CC(O)C1(c2cccc(Br)c2F)CC1. The van der Waals surface area contributed by atoms with Crippen LogP contribution in [0.4, 0.5) is 4.39 Å². The van der Waals surface area contributed by atoms with Crippen LogP contribution >= 0.6 is 15.9 Å². The van der Waals surface area contributed by atoms with Crippen LogP contribution in [0.1, 0.15) is 25.3 Å². The number of hydrogen-bond donors (Lipinski definition) is 1. The third-order valence-corrected chi connectivity index (χ3v) is 3.69. The number of aliphatic hydroxyl groups is 1. The summed E-state index contributed by atoms with van der Waals surface area (Å²) in [7, 11) is 0. The Bertz CT molecular complexity index is 358. The van der Waals surface area contributed by atoms with Crippen LogP contribution in [-0.2, 0) is 5.41 Å². The number of benzene rings is 1. The summed E-state index contributed by atoms with van der Waals surface area (Å²) in [5.41, 5.74) is 0.315. The molecule has 1 aliphatic carbocycles. The Balaban J connectivity index is 2.47. The van der Waals surface area contributed by atoms with Crippen molar-refractivity contribution < 1.29 is 9.50 Å². The van der Waals surface area contributed by atoms with Crippen molar-refractivity contribution in [3.8, 4) is 0 Å². The Hall–Kier alpha value is -0.410. The first kappa shape index (κ1) is 10.1. The van der Waals surface area contributed by atoms with E-state index in [1.807, 2.05) is 6.07 Å². The van der Waals surface area contributed by atoms with E-state index < -0.39 is 6.10 Å². The first-order valence-electron chi connectivity index (χ1n) is 4.70. The van der Waals surface area contributed by atoms with Gasteiger partial charge in [0.1, 0.15) is 5.82 Å². The maximum absolute atomic E-state index is 13.7. The Labute approximate surface area is 91.1 Å². The van der Waals surface area contributed by atoms with Gasteiger partial charge in [-0.1, -0.05) is 12.1 Å². The van der Waals surface area contributed by atoms with Crippen molar-refractivity contribution >= 4 is 15.9 Å². The van der Waals surface area contributed by atoms with E-state index in [0.717, 1.165) is 12.8 Å². The molecule has 1 aliphatic rings. The standard InChI is InChI=1S/C11H12BrFO/c1-7(14)11(5-6-11)8-3-2-4-9(12)10(8)13/h2-4,7,14H,5-6H2,1H3. The second kappa shape index (κ2) is 3.31. The summed E-state index contributed by atoms with van der Waals surface area (Å²) < 4.78 is 14.2. The molecule has 1 unspecified atom stereocenters. The second-order valence-corrected chi connectivity index (χ2v) is 4.79. The van der Waals surface area contributed by atoms with Gasteiger partial charge in [0.25, 0.3) is 0 Å². The van der Waals surface area contributed by atoms with Gasteiger partial charge in [0.15, 0.2) is 0 Å². The van der Waals surface area contributed by atoms with Crippen LogP contribution in [0, 0.1) is 5.82 Å². The van der Waals surface area contributed by atoms with Crippen molar-refractivity contribution in [2.24, 2.45) is 0 Å². The molecule has 0 heterocycles. The number of halogens is 2. The maximum atomic E-state index is 13.7. The Morgan fingerprint density at radius 2 is 2.14 bits per heavy atom. The van der Waals surface area contributed by atoms with Crippen LogP contribution in [0.5, 0.6) is 0 Å². The molecule has 1 saturated carbocycles. The van der Waals surface area contributed by atoms with Crippen LogP contribution in [0.15, 0.2) is 22.7 Å². The van der Waals surface area contributed by atoms with Gasteiger partial charge in [-0.2, -0.15) is 0 Å². The number of aliphatic hydroxyl groups excluding tert-OH is 1. The van der Waals surface area contributed by atoms with Gasteiger partial charge in [0.05, 0.1) is 10.6 Å². The Kier molecular flexibility index (Phi) is 2.40. The Morgan fingerprint density at radius 1 is 1.50 bits per heavy atom. The molecule has 1 aromatic carbocycles. The molecule has 1 aromatic rings. The summed E-state index contributed by atoms with van der Waals surface area (Å²) in [5, 5.41) is 9.63. The zero-order chi connectivity index (χ0) is 10.3. The quantitative estimate of drug-likeness (QED) is 0.865. The topological polar surface area (TPSA) is 20.2 Å². The van der Waals surface area contributed by atoms with E-state index in [2.05, 4.69) is 15.9 Å². The van der Waals surface area contributed by atoms with Gasteiger partial charge in [0.2, 0.25) is 0 Å². The van der Waals surface area contributed by atoms with Crippen LogP contribution in [0.25, 0.3) is 0 Å². The molecular formula is C11H12BrFO. The van der Waals surface area contributed by atoms with E-state index in [9.17, 15) is 9.50 Å². The van der Waals surface area contributed by atoms with Crippen molar-refractivity contribution in [1.29, 1.82) is 0 Å². The van der Waals surface area contributed by atoms with Crippen molar-refractivity contribution in [2.45, 2.75) is 31.3 Å². The highest BCUT2D eigenvalue weighted by Gasteiger charge is 2.50.